The number of hydrogen-bond acceptors (Lipinski definition) is 4. The van der Waals surface area contributed by atoms with E-state index in [1.54, 1.807) is 18.2 Å². The average molecular weight is 265 g/mol. The number of aromatic nitrogens is 1. The maximum atomic E-state index is 6.01. The van der Waals surface area contributed by atoms with Crippen molar-refractivity contribution >= 4 is 17.4 Å². The van der Waals surface area contributed by atoms with E-state index in [0.717, 1.165) is 24.2 Å². The second-order valence-electron chi connectivity index (χ2n) is 4.43. The van der Waals surface area contributed by atoms with Crippen LogP contribution in [0.2, 0.25) is 5.02 Å². The number of anilines is 1. The third kappa shape index (κ3) is 2.16. The summed E-state index contributed by atoms with van der Waals surface area (Å²) in [5.74, 6) is 1.68. The number of rotatable bonds is 3. The van der Waals surface area contributed by atoms with E-state index in [-0.39, 0.29) is 0 Å². The number of ether oxygens (including phenoxy) is 1. The molecule has 3 rings (SSSR count). The molecule has 94 valence electrons. The molecule has 1 fully saturated rings. The van der Waals surface area contributed by atoms with Gasteiger partial charge in [-0.15, -0.1) is 0 Å². The van der Waals surface area contributed by atoms with Crippen molar-refractivity contribution in [2.24, 2.45) is 0 Å². The Balaban J connectivity index is 1.96. The molecule has 0 atom stereocenters. The van der Waals surface area contributed by atoms with Gasteiger partial charge in [-0.2, -0.15) is 0 Å². The van der Waals surface area contributed by atoms with Crippen molar-refractivity contribution in [3.8, 4) is 17.1 Å². The van der Waals surface area contributed by atoms with Crippen LogP contribution < -0.4 is 10.5 Å². The van der Waals surface area contributed by atoms with E-state index in [0.29, 0.717) is 22.7 Å². The van der Waals surface area contributed by atoms with Crippen LogP contribution >= 0.6 is 11.6 Å². The van der Waals surface area contributed by atoms with Crippen molar-refractivity contribution in [3.05, 3.63) is 29.3 Å². The van der Waals surface area contributed by atoms with Crippen molar-refractivity contribution in [2.45, 2.75) is 25.4 Å². The molecule has 1 heterocycles. The molecule has 18 heavy (non-hydrogen) atoms. The van der Waals surface area contributed by atoms with Gasteiger partial charge in [-0.05, 0) is 37.5 Å². The molecular weight excluding hydrogens is 252 g/mol. The average Bonchev–Trinajstić information content (AvgIpc) is 2.71. The van der Waals surface area contributed by atoms with Gasteiger partial charge in [-0.3, -0.25) is 0 Å². The lowest BCUT2D eigenvalue weighted by atomic mass is 9.96. The lowest BCUT2D eigenvalue weighted by molar-refractivity contribution is 0.121. The standard InChI is InChI=1S/C13H13ClN2O2/c14-8-4-5-11(17-9-2-1-3-9)10(6-8)12-7-13(15)16-18-12/h4-7,9H,1-3H2,(H2,15,16). The van der Waals surface area contributed by atoms with Crippen molar-refractivity contribution in [2.75, 3.05) is 5.73 Å². The summed E-state index contributed by atoms with van der Waals surface area (Å²) in [6, 6.07) is 7.13. The van der Waals surface area contributed by atoms with Crippen LogP contribution in [-0.2, 0) is 0 Å². The molecule has 0 spiro atoms. The SMILES string of the molecule is Nc1cc(-c2cc(Cl)ccc2OC2CCC2)on1. The topological polar surface area (TPSA) is 61.3 Å². The van der Waals surface area contributed by atoms with Gasteiger partial charge in [0.15, 0.2) is 11.6 Å². The van der Waals surface area contributed by atoms with Gasteiger partial charge >= 0.3 is 0 Å². The Morgan fingerprint density at radius 2 is 2.17 bits per heavy atom. The van der Waals surface area contributed by atoms with Crippen LogP contribution in [0.15, 0.2) is 28.8 Å². The first-order chi connectivity index (χ1) is 8.72. The summed E-state index contributed by atoms with van der Waals surface area (Å²) in [6.45, 7) is 0. The van der Waals surface area contributed by atoms with E-state index in [1.807, 2.05) is 6.07 Å². The zero-order valence-electron chi connectivity index (χ0n) is 9.73. The summed E-state index contributed by atoms with van der Waals surface area (Å²) in [5, 5.41) is 4.31. The molecule has 1 aromatic carbocycles. The molecule has 1 aliphatic carbocycles. The van der Waals surface area contributed by atoms with E-state index in [9.17, 15) is 0 Å². The Morgan fingerprint density at radius 1 is 1.33 bits per heavy atom. The predicted octanol–water partition coefficient (Wildman–Crippen LogP) is 3.51. The second-order valence-corrected chi connectivity index (χ2v) is 4.86. The highest BCUT2D eigenvalue weighted by atomic mass is 35.5. The highest BCUT2D eigenvalue weighted by Gasteiger charge is 2.21. The maximum absolute atomic E-state index is 6.01. The molecule has 2 N–H and O–H groups in total. The molecule has 2 aromatic rings. The van der Waals surface area contributed by atoms with Crippen LogP contribution in [0, 0.1) is 0 Å². The smallest absolute Gasteiger partial charge is 0.172 e. The van der Waals surface area contributed by atoms with Gasteiger partial charge in [0.1, 0.15) is 5.75 Å². The molecule has 5 heteroatoms. The molecular formula is C13H13ClN2O2. The normalized spacial score (nSPS) is 15.4. The van der Waals surface area contributed by atoms with Gasteiger partial charge in [0.25, 0.3) is 0 Å². The number of benzene rings is 1. The Morgan fingerprint density at radius 3 is 2.78 bits per heavy atom. The van der Waals surface area contributed by atoms with Gasteiger partial charge in [-0.1, -0.05) is 16.8 Å². The summed E-state index contributed by atoms with van der Waals surface area (Å²) in [7, 11) is 0. The molecule has 0 aliphatic heterocycles. The maximum Gasteiger partial charge on any atom is 0.172 e. The zero-order valence-corrected chi connectivity index (χ0v) is 10.5. The lowest BCUT2D eigenvalue weighted by Gasteiger charge is -2.27. The first-order valence-electron chi connectivity index (χ1n) is 5.91. The number of nitrogens with zero attached hydrogens (tertiary/aromatic N) is 1. The number of halogens is 1. The molecule has 1 aliphatic rings. The monoisotopic (exact) mass is 264 g/mol. The van der Waals surface area contributed by atoms with E-state index in [1.165, 1.54) is 6.42 Å². The highest BCUT2D eigenvalue weighted by molar-refractivity contribution is 6.30. The van der Waals surface area contributed by atoms with Crippen LogP contribution in [0.3, 0.4) is 0 Å². The number of nitrogen functional groups attached to an aromatic ring is 1. The second kappa shape index (κ2) is 4.53. The molecule has 1 saturated carbocycles. The van der Waals surface area contributed by atoms with Crippen molar-refractivity contribution in [1.29, 1.82) is 0 Å². The van der Waals surface area contributed by atoms with Gasteiger partial charge in [-0.25, -0.2) is 0 Å². The van der Waals surface area contributed by atoms with Crippen LogP contribution in [0.1, 0.15) is 19.3 Å². The van der Waals surface area contributed by atoms with E-state index in [4.69, 9.17) is 26.6 Å². The van der Waals surface area contributed by atoms with Crippen molar-refractivity contribution in [1.82, 2.24) is 5.16 Å². The fourth-order valence-electron chi connectivity index (χ4n) is 1.88. The fraction of sp³-hybridized carbons (Fsp3) is 0.308. The molecule has 4 nitrogen and oxygen atoms in total. The molecule has 0 amide bonds. The minimum atomic E-state index is 0.296. The summed E-state index contributed by atoms with van der Waals surface area (Å²) < 4.78 is 11.1. The van der Waals surface area contributed by atoms with Crippen LogP contribution in [0.25, 0.3) is 11.3 Å². The summed E-state index contributed by atoms with van der Waals surface area (Å²) in [6.07, 6.45) is 3.72. The summed E-state index contributed by atoms with van der Waals surface area (Å²) >= 11 is 6.01. The highest BCUT2D eigenvalue weighted by Crippen LogP contribution is 2.36. The van der Waals surface area contributed by atoms with Gasteiger partial charge in [0.05, 0.1) is 11.7 Å². The Kier molecular flexibility index (Phi) is 2.88. The van der Waals surface area contributed by atoms with Crippen LogP contribution in [-0.4, -0.2) is 11.3 Å². The van der Waals surface area contributed by atoms with Crippen molar-refractivity contribution < 1.29 is 9.26 Å². The van der Waals surface area contributed by atoms with Gasteiger partial charge in [0, 0.05) is 11.1 Å². The summed E-state index contributed by atoms with van der Waals surface area (Å²) in [4.78, 5) is 0. The molecule has 0 bridgehead atoms. The van der Waals surface area contributed by atoms with Gasteiger partial charge in [0.2, 0.25) is 0 Å². The predicted molar refractivity (Wildman–Crippen MR) is 69.6 cm³/mol. The Labute approximate surface area is 110 Å². The number of nitrogens with two attached hydrogens (primary N) is 1. The fourth-order valence-corrected chi connectivity index (χ4v) is 2.05. The van der Waals surface area contributed by atoms with E-state index in [2.05, 4.69) is 5.16 Å². The van der Waals surface area contributed by atoms with Gasteiger partial charge < -0.3 is 15.0 Å². The molecule has 1 aromatic heterocycles. The minimum absolute atomic E-state index is 0.296. The first kappa shape index (κ1) is 11.4. The van der Waals surface area contributed by atoms with E-state index >= 15 is 0 Å². The quantitative estimate of drug-likeness (QED) is 0.921. The number of hydrogen-bond donors (Lipinski definition) is 1. The van der Waals surface area contributed by atoms with Crippen LogP contribution in [0.4, 0.5) is 5.82 Å². The van der Waals surface area contributed by atoms with Crippen LogP contribution in [0.5, 0.6) is 5.75 Å². The first-order valence-corrected chi connectivity index (χ1v) is 6.29. The summed E-state index contributed by atoms with van der Waals surface area (Å²) in [5.41, 5.74) is 6.35. The third-order valence-electron chi connectivity index (χ3n) is 3.08. The Bertz CT molecular complexity index is 564. The molecule has 0 radical (unpaired) electrons. The molecule has 0 unspecified atom stereocenters. The third-order valence-corrected chi connectivity index (χ3v) is 3.32. The molecule has 0 saturated heterocycles. The minimum Gasteiger partial charge on any atom is -0.490 e. The largest absolute Gasteiger partial charge is 0.490 e. The van der Waals surface area contributed by atoms with E-state index < -0.39 is 0 Å². The Hall–Kier alpha value is -1.68. The zero-order chi connectivity index (χ0) is 12.5. The lowest BCUT2D eigenvalue weighted by Crippen LogP contribution is -2.24. The van der Waals surface area contributed by atoms with Crippen molar-refractivity contribution in [3.63, 3.8) is 0 Å².